The van der Waals surface area contributed by atoms with Gasteiger partial charge in [-0.15, -0.1) is 0 Å². The molecule has 0 spiro atoms. The summed E-state index contributed by atoms with van der Waals surface area (Å²) < 4.78 is 24.4. The first-order valence-electron chi connectivity index (χ1n) is 10.2. The van der Waals surface area contributed by atoms with E-state index in [2.05, 4.69) is 34.4 Å². The van der Waals surface area contributed by atoms with Crippen molar-refractivity contribution in [3.05, 3.63) is 30.1 Å². The van der Waals surface area contributed by atoms with Crippen LogP contribution in [-0.2, 0) is 4.74 Å². The molecule has 1 aliphatic rings. The van der Waals surface area contributed by atoms with Gasteiger partial charge in [-0.05, 0) is 57.9 Å². The zero-order chi connectivity index (χ0) is 20.4. The van der Waals surface area contributed by atoms with Gasteiger partial charge in [-0.1, -0.05) is 0 Å². The third kappa shape index (κ3) is 8.44. The SMILES string of the molecule is CN=C(NCC(C)Oc1ccc(F)cc1)NC1CCN(CCOC(C)C)CC1. The Morgan fingerprint density at radius 1 is 1.21 bits per heavy atom. The molecule has 2 N–H and O–H groups in total. The Bertz CT molecular complexity index is 587. The van der Waals surface area contributed by atoms with Gasteiger partial charge < -0.3 is 25.0 Å². The van der Waals surface area contributed by atoms with E-state index in [1.807, 2.05) is 6.92 Å². The normalized spacial score (nSPS) is 17.6. The number of rotatable bonds is 9. The lowest BCUT2D eigenvalue weighted by Gasteiger charge is -2.33. The molecule has 0 bridgehead atoms. The number of aliphatic imine (C=N–C) groups is 1. The topological polar surface area (TPSA) is 58.1 Å². The number of benzene rings is 1. The highest BCUT2D eigenvalue weighted by atomic mass is 19.1. The molecule has 158 valence electrons. The number of ether oxygens (including phenoxy) is 2. The van der Waals surface area contributed by atoms with E-state index in [1.165, 1.54) is 12.1 Å². The smallest absolute Gasteiger partial charge is 0.191 e. The minimum atomic E-state index is -0.263. The Balaban J connectivity index is 1.65. The van der Waals surface area contributed by atoms with Crippen LogP contribution in [-0.4, -0.2) is 68.9 Å². The van der Waals surface area contributed by atoms with Crippen LogP contribution in [0.3, 0.4) is 0 Å². The first-order valence-corrected chi connectivity index (χ1v) is 10.2. The minimum Gasteiger partial charge on any atom is -0.489 e. The molecule has 1 aliphatic heterocycles. The predicted molar refractivity (Wildman–Crippen MR) is 112 cm³/mol. The Morgan fingerprint density at radius 2 is 1.89 bits per heavy atom. The molecule has 0 aromatic heterocycles. The van der Waals surface area contributed by atoms with Gasteiger partial charge in [0.1, 0.15) is 17.7 Å². The lowest BCUT2D eigenvalue weighted by Crippen LogP contribution is -2.50. The molecule has 0 radical (unpaired) electrons. The molecule has 28 heavy (non-hydrogen) atoms. The molecule has 1 fully saturated rings. The number of hydrogen-bond donors (Lipinski definition) is 2. The van der Waals surface area contributed by atoms with E-state index in [1.54, 1.807) is 19.2 Å². The molecule has 1 unspecified atom stereocenters. The summed E-state index contributed by atoms with van der Waals surface area (Å²) in [5, 5.41) is 6.82. The first-order chi connectivity index (χ1) is 13.5. The second-order valence-corrected chi connectivity index (χ2v) is 7.52. The van der Waals surface area contributed by atoms with E-state index in [9.17, 15) is 4.39 Å². The number of halogens is 1. The van der Waals surface area contributed by atoms with E-state index in [4.69, 9.17) is 9.47 Å². The van der Waals surface area contributed by atoms with Crippen molar-refractivity contribution in [3.63, 3.8) is 0 Å². The molecule has 1 atom stereocenters. The van der Waals surface area contributed by atoms with Crippen LogP contribution in [0.5, 0.6) is 5.75 Å². The van der Waals surface area contributed by atoms with Gasteiger partial charge in [0.2, 0.25) is 0 Å². The number of hydrogen-bond acceptors (Lipinski definition) is 4. The maximum atomic E-state index is 13.0. The molecular weight excluding hydrogens is 359 g/mol. The largest absolute Gasteiger partial charge is 0.489 e. The zero-order valence-electron chi connectivity index (χ0n) is 17.6. The molecular formula is C21H35FN4O2. The molecule has 1 heterocycles. The highest BCUT2D eigenvalue weighted by molar-refractivity contribution is 5.80. The van der Waals surface area contributed by atoms with Crippen LogP contribution in [0.4, 0.5) is 4.39 Å². The fourth-order valence-electron chi connectivity index (χ4n) is 3.13. The van der Waals surface area contributed by atoms with Gasteiger partial charge in [0, 0.05) is 32.7 Å². The van der Waals surface area contributed by atoms with E-state index >= 15 is 0 Å². The van der Waals surface area contributed by atoms with Crippen molar-refractivity contribution in [1.29, 1.82) is 0 Å². The maximum Gasteiger partial charge on any atom is 0.191 e. The maximum absolute atomic E-state index is 13.0. The van der Waals surface area contributed by atoms with Gasteiger partial charge in [0.05, 0.1) is 19.3 Å². The van der Waals surface area contributed by atoms with Crippen molar-refractivity contribution < 1.29 is 13.9 Å². The van der Waals surface area contributed by atoms with Gasteiger partial charge in [0.25, 0.3) is 0 Å². The molecule has 1 aromatic carbocycles. The second kappa shape index (κ2) is 11.9. The standard InChI is InChI=1S/C21H35FN4O2/c1-16(2)27-14-13-26-11-9-19(10-12-26)25-21(23-4)24-15-17(3)28-20-7-5-18(22)6-8-20/h5-8,16-17,19H,9-15H2,1-4H3,(H2,23,24,25). The monoisotopic (exact) mass is 394 g/mol. The van der Waals surface area contributed by atoms with Crippen molar-refractivity contribution in [3.8, 4) is 5.75 Å². The van der Waals surface area contributed by atoms with Crippen LogP contribution in [0, 0.1) is 5.82 Å². The summed E-state index contributed by atoms with van der Waals surface area (Å²) in [5.41, 5.74) is 0. The van der Waals surface area contributed by atoms with Crippen LogP contribution in [0.15, 0.2) is 29.3 Å². The number of guanidine groups is 1. The summed E-state index contributed by atoms with van der Waals surface area (Å²) in [6, 6.07) is 6.49. The lowest BCUT2D eigenvalue weighted by atomic mass is 10.1. The highest BCUT2D eigenvalue weighted by Crippen LogP contribution is 2.13. The number of nitrogens with one attached hydrogen (secondary N) is 2. The molecule has 0 saturated carbocycles. The van der Waals surface area contributed by atoms with Crippen LogP contribution < -0.4 is 15.4 Å². The fourth-order valence-corrected chi connectivity index (χ4v) is 3.13. The van der Waals surface area contributed by atoms with Gasteiger partial charge >= 0.3 is 0 Å². The molecule has 1 aromatic rings. The number of likely N-dealkylation sites (tertiary alicyclic amines) is 1. The average molecular weight is 395 g/mol. The third-order valence-electron chi connectivity index (χ3n) is 4.72. The van der Waals surface area contributed by atoms with Crippen molar-refractivity contribution in [2.75, 3.05) is 39.8 Å². The summed E-state index contributed by atoms with van der Waals surface area (Å²) in [7, 11) is 1.78. The van der Waals surface area contributed by atoms with Crippen LogP contribution in [0.2, 0.25) is 0 Å². The summed E-state index contributed by atoms with van der Waals surface area (Å²) >= 11 is 0. The van der Waals surface area contributed by atoms with E-state index < -0.39 is 0 Å². The summed E-state index contributed by atoms with van der Waals surface area (Å²) in [5.74, 6) is 1.19. The van der Waals surface area contributed by atoms with Crippen molar-refractivity contribution >= 4 is 5.96 Å². The van der Waals surface area contributed by atoms with Crippen LogP contribution in [0.1, 0.15) is 33.6 Å². The van der Waals surface area contributed by atoms with Gasteiger partial charge in [0.15, 0.2) is 5.96 Å². The number of piperidine rings is 1. The molecule has 0 aliphatic carbocycles. The first kappa shape index (κ1) is 22.4. The number of nitrogens with zero attached hydrogens (tertiary/aromatic N) is 2. The molecule has 7 heteroatoms. The van der Waals surface area contributed by atoms with Crippen molar-refractivity contribution in [2.24, 2.45) is 4.99 Å². The molecule has 0 amide bonds. The van der Waals surface area contributed by atoms with E-state index in [0.29, 0.717) is 24.4 Å². The third-order valence-corrected chi connectivity index (χ3v) is 4.72. The summed E-state index contributed by atoms with van der Waals surface area (Å²) in [6.07, 6.45) is 2.41. The van der Waals surface area contributed by atoms with Crippen molar-refractivity contribution in [2.45, 2.75) is 51.9 Å². The van der Waals surface area contributed by atoms with E-state index in [0.717, 1.165) is 45.0 Å². The molecule has 6 nitrogen and oxygen atoms in total. The van der Waals surface area contributed by atoms with Gasteiger partial charge in [-0.2, -0.15) is 0 Å². The zero-order valence-corrected chi connectivity index (χ0v) is 17.6. The van der Waals surface area contributed by atoms with Crippen LogP contribution in [0.25, 0.3) is 0 Å². The van der Waals surface area contributed by atoms with Gasteiger partial charge in [-0.3, -0.25) is 4.99 Å². The molecule has 1 saturated heterocycles. The Labute approximate surface area is 168 Å². The average Bonchev–Trinajstić information content (AvgIpc) is 2.68. The predicted octanol–water partition coefficient (Wildman–Crippen LogP) is 2.65. The summed E-state index contributed by atoms with van der Waals surface area (Å²) in [4.78, 5) is 6.77. The second-order valence-electron chi connectivity index (χ2n) is 7.52. The highest BCUT2D eigenvalue weighted by Gasteiger charge is 2.20. The fraction of sp³-hybridized carbons (Fsp3) is 0.667. The lowest BCUT2D eigenvalue weighted by molar-refractivity contribution is 0.0532. The van der Waals surface area contributed by atoms with Crippen LogP contribution >= 0.6 is 0 Å². The quantitative estimate of drug-likeness (QED) is 0.498. The summed E-state index contributed by atoms with van der Waals surface area (Å²) in [6.45, 7) is 10.7. The van der Waals surface area contributed by atoms with Crippen molar-refractivity contribution in [1.82, 2.24) is 15.5 Å². The molecule has 2 rings (SSSR count). The Kier molecular flexibility index (Phi) is 9.50. The Morgan fingerprint density at radius 3 is 2.50 bits per heavy atom. The minimum absolute atomic E-state index is 0.0631. The Hall–Kier alpha value is -1.86. The van der Waals surface area contributed by atoms with Gasteiger partial charge in [-0.25, -0.2) is 4.39 Å². The van der Waals surface area contributed by atoms with E-state index in [-0.39, 0.29) is 11.9 Å².